The van der Waals surface area contributed by atoms with Gasteiger partial charge in [0.25, 0.3) is 0 Å². The number of allylic oxidation sites excluding steroid dienone is 1. The van der Waals surface area contributed by atoms with E-state index in [0.29, 0.717) is 13.0 Å². The van der Waals surface area contributed by atoms with Crippen molar-refractivity contribution in [2.24, 2.45) is 0 Å². The molecule has 0 aliphatic heterocycles. The number of aliphatic carboxylic acids is 1. The van der Waals surface area contributed by atoms with Crippen LogP contribution in [0.3, 0.4) is 0 Å². The van der Waals surface area contributed by atoms with E-state index in [0.717, 1.165) is 24.5 Å². The van der Waals surface area contributed by atoms with Crippen molar-refractivity contribution in [1.29, 1.82) is 0 Å². The Balaban J connectivity index is -0.000000278. The standard InChI is InChI=1S/C6H10O3.C6H12O2.C5H8O2/c1-2-6(8)9-5-3-4-7;1-2-8-6-4-3-5-7;1-4(2)3-5(6)7/h2,7H,1,3-5H2;2,7H,1,3-6H2;3H,1-2H3,(H,6,7). The molecule has 0 aliphatic carbocycles. The van der Waals surface area contributed by atoms with Gasteiger partial charge in [0.2, 0.25) is 0 Å². The van der Waals surface area contributed by atoms with E-state index >= 15 is 0 Å². The molecule has 0 bridgehead atoms. The number of ether oxygens (including phenoxy) is 2. The van der Waals surface area contributed by atoms with E-state index in [1.54, 1.807) is 13.8 Å². The molecule has 7 nitrogen and oxygen atoms in total. The Morgan fingerprint density at radius 2 is 1.58 bits per heavy atom. The van der Waals surface area contributed by atoms with Gasteiger partial charge in [0.05, 0.1) is 19.5 Å². The average molecular weight is 346 g/mol. The van der Waals surface area contributed by atoms with Gasteiger partial charge in [-0.2, -0.15) is 0 Å². The quantitative estimate of drug-likeness (QED) is 0.240. The minimum atomic E-state index is -0.875. The zero-order valence-electron chi connectivity index (χ0n) is 14.6. The molecule has 0 aliphatic rings. The lowest BCUT2D eigenvalue weighted by molar-refractivity contribution is -0.138. The molecule has 0 radical (unpaired) electrons. The highest BCUT2D eigenvalue weighted by molar-refractivity contribution is 5.81. The smallest absolute Gasteiger partial charge is 0.330 e. The highest BCUT2D eigenvalue weighted by Crippen LogP contribution is 1.87. The van der Waals surface area contributed by atoms with Crippen molar-refractivity contribution in [3.05, 3.63) is 37.1 Å². The Kier molecular flexibility index (Phi) is 25.8. The molecule has 0 aromatic heterocycles. The summed E-state index contributed by atoms with van der Waals surface area (Å²) in [5, 5.41) is 24.5. The van der Waals surface area contributed by atoms with Crippen LogP contribution in [-0.2, 0) is 19.1 Å². The summed E-state index contributed by atoms with van der Waals surface area (Å²) >= 11 is 0. The Hall–Kier alpha value is -2.12. The van der Waals surface area contributed by atoms with E-state index in [2.05, 4.69) is 17.9 Å². The van der Waals surface area contributed by atoms with E-state index < -0.39 is 11.9 Å². The number of carboxylic acids is 1. The number of rotatable bonds is 10. The van der Waals surface area contributed by atoms with Crippen LogP contribution in [0.2, 0.25) is 0 Å². The van der Waals surface area contributed by atoms with E-state index in [1.165, 1.54) is 12.3 Å². The van der Waals surface area contributed by atoms with Crippen LogP contribution in [0.25, 0.3) is 0 Å². The van der Waals surface area contributed by atoms with E-state index in [9.17, 15) is 9.59 Å². The van der Waals surface area contributed by atoms with Gasteiger partial charge in [-0.25, -0.2) is 9.59 Å². The molecule has 0 fully saturated rings. The number of aliphatic hydroxyl groups is 2. The maximum absolute atomic E-state index is 10.3. The number of carbonyl (C=O) groups excluding carboxylic acids is 1. The van der Waals surface area contributed by atoms with Crippen molar-refractivity contribution in [1.82, 2.24) is 0 Å². The molecule has 0 amide bonds. The van der Waals surface area contributed by atoms with Gasteiger partial charge in [-0.3, -0.25) is 0 Å². The fraction of sp³-hybridized carbons (Fsp3) is 0.529. The third kappa shape index (κ3) is 36.8. The van der Waals surface area contributed by atoms with Crippen molar-refractivity contribution in [2.45, 2.75) is 33.1 Å². The van der Waals surface area contributed by atoms with Crippen molar-refractivity contribution >= 4 is 11.9 Å². The minimum absolute atomic E-state index is 0.0461. The first-order valence-corrected chi connectivity index (χ1v) is 7.46. The molecule has 3 N–H and O–H groups in total. The molecular weight excluding hydrogens is 316 g/mol. The highest BCUT2D eigenvalue weighted by atomic mass is 16.5. The van der Waals surface area contributed by atoms with Gasteiger partial charge in [0.15, 0.2) is 0 Å². The molecule has 0 aromatic rings. The summed E-state index contributed by atoms with van der Waals surface area (Å²) in [7, 11) is 0. The van der Waals surface area contributed by atoms with Crippen molar-refractivity contribution in [2.75, 3.05) is 26.4 Å². The molecule has 0 unspecified atom stereocenters. The first-order chi connectivity index (χ1) is 11.3. The fourth-order valence-corrected chi connectivity index (χ4v) is 0.924. The van der Waals surface area contributed by atoms with E-state index in [-0.39, 0.29) is 19.8 Å². The SMILES string of the molecule is C=CC(=O)OCCCO.C=COCCCCO.CC(C)=CC(=O)O. The summed E-state index contributed by atoms with van der Waals surface area (Å²) in [5.41, 5.74) is 0.813. The molecule has 0 rings (SSSR count). The third-order valence-electron chi connectivity index (χ3n) is 1.91. The largest absolute Gasteiger partial charge is 0.502 e. The van der Waals surface area contributed by atoms with E-state index in [1.807, 2.05) is 0 Å². The van der Waals surface area contributed by atoms with Crippen molar-refractivity contribution < 1.29 is 34.4 Å². The first kappa shape index (κ1) is 26.8. The molecule has 24 heavy (non-hydrogen) atoms. The predicted molar refractivity (Wildman–Crippen MR) is 92.4 cm³/mol. The maximum Gasteiger partial charge on any atom is 0.330 e. The molecule has 7 heteroatoms. The topological polar surface area (TPSA) is 113 Å². The molecule has 0 saturated carbocycles. The van der Waals surface area contributed by atoms with Crippen molar-refractivity contribution in [3.8, 4) is 0 Å². The van der Waals surface area contributed by atoms with Crippen LogP contribution in [0.5, 0.6) is 0 Å². The lowest BCUT2D eigenvalue weighted by Gasteiger charge is -1.96. The number of hydrogen-bond donors (Lipinski definition) is 3. The molecule has 0 aromatic carbocycles. The van der Waals surface area contributed by atoms with Gasteiger partial charge in [-0.1, -0.05) is 18.7 Å². The van der Waals surface area contributed by atoms with Crippen LogP contribution in [0.1, 0.15) is 33.1 Å². The zero-order valence-corrected chi connectivity index (χ0v) is 14.6. The summed E-state index contributed by atoms with van der Waals surface area (Å²) in [6.07, 6.45) is 5.88. The number of aliphatic hydroxyl groups excluding tert-OH is 2. The molecule has 0 heterocycles. The fourth-order valence-electron chi connectivity index (χ4n) is 0.924. The summed E-state index contributed by atoms with van der Waals surface area (Å²) in [4.78, 5) is 20.0. The Morgan fingerprint density at radius 3 is 1.92 bits per heavy atom. The Labute approximate surface area is 143 Å². The summed E-state index contributed by atoms with van der Waals surface area (Å²) in [6, 6.07) is 0. The second-order valence-electron chi connectivity index (χ2n) is 4.48. The lowest BCUT2D eigenvalue weighted by Crippen LogP contribution is -2.02. The van der Waals surface area contributed by atoms with Gasteiger partial charge >= 0.3 is 11.9 Å². The summed E-state index contributed by atoms with van der Waals surface area (Å²) in [6.45, 7) is 11.3. The van der Waals surface area contributed by atoms with Gasteiger partial charge in [-0.05, 0) is 26.7 Å². The first-order valence-electron chi connectivity index (χ1n) is 7.46. The van der Waals surface area contributed by atoms with Crippen LogP contribution >= 0.6 is 0 Å². The van der Waals surface area contributed by atoms with Gasteiger partial charge in [0, 0.05) is 31.8 Å². The third-order valence-corrected chi connectivity index (χ3v) is 1.91. The second-order valence-corrected chi connectivity index (χ2v) is 4.48. The van der Waals surface area contributed by atoms with Crippen molar-refractivity contribution in [3.63, 3.8) is 0 Å². The van der Waals surface area contributed by atoms with Gasteiger partial charge < -0.3 is 24.8 Å². The lowest BCUT2D eigenvalue weighted by atomic mass is 10.3. The number of esters is 1. The second kappa shape index (κ2) is 23.2. The molecule has 0 saturated heterocycles. The monoisotopic (exact) mass is 346 g/mol. The summed E-state index contributed by atoms with van der Waals surface area (Å²) in [5.74, 6) is -1.32. The molecular formula is C17H30O7. The Morgan fingerprint density at radius 1 is 1.00 bits per heavy atom. The number of carbonyl (C=O) groups is 2. The number of carboxylic acid groups (broad SMARTS) is 1. The van der Waals surface area contributed by atoms with Crippen LogP contribution < -0.4 is 0 Å². The number of hydrogen-bond acceptors (Lipinski definition) is 6. The molecule has 140 valence electrons. The van der Waals surface area contributed by atoms with Gasteiger partial charge in [-0.15, -0.1) is 0 Å². The number of unbranched alkanes of at least 4 members (excludes halogenated alkanes) is 1. The Bertz CT molecular complexity index is 358. The normalized spacial score (nSPS) is 8.33. The van der Waals surface area contributed by atoms with Crippen LogP contribution in [0, 0.1) is 0 Å². The summed E-state index contributed by atoms with van der Waals surface area (Å²) < 4.78 is 9.30. The van der Waals surface area contributed by atoms with E-state index in [4.69, 9.17) is 20.1 Å². The molecule has 0 atom stereocenters. The van der Waals surface area contributed by atoms with Crippen LogP contribution in [0.4, 0.5) is 0 Å². The zero-order chi connectivity index (χ0) is 19.2. The molecule has 0 spiro atoms. The predicted octanol–water partition coefficient (Wildman–Crippen LogP) is 2.05. The average Bonchev–Trinajstić information content (AvgIpc) is 2.51. The minimum Gasteiger partial charge on any atom is -0.502 e. The van der Waals surface area contributed by atoms with Crippen LogP contribution in [0.15, 0.2) is 37.1 Å². The highest BCUT2D eigenvalue weighted by Gasteiger charge is 1.91. The maximum atomic E-state index is 10.3. The van der Waals surface area contributed by atoms with Gasteiger partial charge in [0.1, 0.15) is 0 Å². The van der Waals surface area contributed by atoms with Crippen LogP contribution in [-0.4, -0.2) is 53.7 Å².